The predicted molar refractivity (Wildman–Crippen MR) is 73.6 cm³/mol. The molecule has 0 amide bonds. The molecule has 1 rings (SSSR count). The van der Waals surface area contributed by atoms with Crippen molar-refractivity contribution in [3.05, 3.63) is 0 Å². The molecule has 3 atom stereocenters. The van der Waals surface area contributed by atoms with Gasteiger partial charge in [0.25, 0.3) is 0 Å². The Morgan fingerprint density at radius 1 is 1.00 bits per heavy atom. The molecule has 1 saturated carbocycles. The average Bonchev–Trinajstić information content (AvgIpc) is 2.19. The van der Waals surface area contributed by atoms with Crippen LogP contribution in [0.15, 0.2) is 0 Å². The molecule has 0 heteroatoms. The van der Waals surface area contributed by atoms with E-state index in [-0.39, 0.29) is 0 Å². The molecule has 0 aliphatic heterocycles. The molecule has 16 heavy (non-hydrogen) atoms. The maximum absolute atomic E-state index is 2.53. The highest BCUT2D eigenvalue weighted by atomic mass is 14.4. The van der Waals surface area contributed by atoms with Crippen LogP contribution in [-0.2, 0) is 0 Å². The van der Waals surface area contributed by atoms with Gasteiger partial charge >= 0.3 is 0 Å². The molecule has 0 heterocycles. The van der Waals surface area contributed by atoms with Crippen LogP contribution < -0.4 is 0 Å². The second-order valence-electron chi connectivity index (χ2n) is 6.12. The van der Waals surface area contributed by atoms with Crippen molar-refractivity contribution in [3.63, 3.8) is 0 Å². The van der Waals surface area contributed by atoms with Gasteiger partial charge in [-0.05, 0) is 23.7 Å². The van der Waals surface area contributed by atoms with Crippen LogP contribution in [0.25, 0.3) is 0 Å². The zero-order chi connectivity index (χ0) is 12.0. The molecule has 0 nitrogen and oxygen atoms in total. The zero-order valence-corrected chi connectivity index (χ0v) is 12.0. The van der Waals surface area contributed by atoms with Gasteiger partial charge in [0.2, 0.25) is 0 Å². The summed E-state index contributed by atoms with van der Waals surface area (Å²) in [5.41, 5.74) is 0. The molecule has 0 aromatic carbocycles. The highest BCUT2D eigenvalue weighted by Gasteiger charge is 2.31. The lowest BCUT2D eigenvalue weighted by Gasteiger charge is -2.39. The summed E-state index contributed by atoms with van der Waals surface area (Å²) in [7, 11) is 0. The highest BCUT2D eigenvalue weighted by molar-refractivity contribution is 4.82. The fourth-order valence-corrected chi connectivity index (χ4v) is 3.45. The molecule has 0 aromatic rings. The van der Waals surface area contributed by atoms with E-state index in [0.717, 1.165) is 23.7 Å². The van der Waals surface area contributed by atoms with Crippen molar-refractivity contribution in [2.45, 2.75) is 79.1 Å². The van der Waals surface area contributed by atoms with Crippen molar-refractivity contribution in [1.82, 2.24) is 0 Å². The normalized spacial score (nSPS) is 22.5. The van der Waals surface area contributed by atoms with Crippen LogP contribution in [0.5, 0.6) is 0 Å². The topological polar surface area (TPSA) is 0 Å². The fourth-order valence-electron chi connectivity index (χ4n) is 3.45. The van der Waals surface area contributed by atoms with Crippen molar-refractivity contribution in [2.24, 2.45) is 23.7 Å². The van der Waals surface area contributed by atoms with Gasteiger partial charge in [-0.25, -0.2) is 0 Å². The Morgan fingerprint density at radius 3 is 2.12 bits per heavy atom. The number of hydrogen-bond donors (Lipinski definition) is 0. The Hall–Kier alpha value is 0. The van der Waals surface area contributed by atoms with Gasteiger partial charge in [0.05, 0.1) is 0 Å². The van der Waals surface area contributed by atoms with Crippen LogP contribution in [0.2, 0.25) is 0 Å². The van der Waals surface area contributed by atoms with Crippen LogP contribution in [0.4, 0.5) is 0 Å². The number of hydrogen-bond acceptors (Lipinski definition) is 0. The Morgan fingerprint density at radius 2 is 1.69 bits per heavy atom. The van der Waals surface area contributed by atoms with Crippen LogP contribution in [0, 0.1) is 23.7 Å². The van der Waals surface area contributed by atoms with Gasteiger partial charge in [-0.3, -0.25) is 0 Å². The summed E-state index contributed by atoms with van der Waals surface area (Å²) in [6.07, 6.45) is 11.6. The van der Waals surface area contributed by atoms with E-state index in [9.17, 15) is 0 Å². The van der Waals surface area contributed by atoms with Gasteiger partial charge in [0.1, 0.15) is 0 Å². The lowest BCUT2D eigenvalue weighted by atomic mass is 9.66. The Balaban J connectivity index is 2.43. The molecule has 0 N–H and O–H groups in total. The minimum Gasteiger partial charge on any atom is -0.0654 e. The van der Waals surface area contributed by atoms with Crippen molar-refractivity contribution in [3.8, 4) is 0 Å². The third kappa shape index (κ3) is 3.79. The van der Waals surface area contributed by atoms with E-state index in [1.54, 1.807) is 0 Å². The molecule has 0 spiro atoms. The minimum atomic E-state index is 0.954. The van der Waals surface area contributed by atoms with Crippen molar-refractivity contribution >= 4 is 0 Å². The third-order valence-electron chi connectivity index (χ3n) is 4.93. The summed E-state index contributed by atoms with van der Waals surface area (Å²) in [5, 5.41) is 0. The Labute approximate surface area is 103 Å². The molecular formula is C16H32. The van der Waals surface area contributed by atoms with Crippen LogP contribution in [-0.4, -0.2) is 0 Å². The molecule has 0 bridgehead atoms. The standard InChI is InChI=1S/C16H32/c1-5-7-10-13(3)16(9-6-2)14(4)15-11-8-12-15/h13-16H,5-12H2,1-4H3. The third-order valence-corrected chi connectivity index (χ3v) is 4.93. The van der Waals surface area contributed by atoms with E-state index in [1.807, 2.05) is 0 Å². The van der Waals surface area contributed by atoms with Crippen LogP contribution in [0.1, 0.15) is 79.1 Å². The van der Waals surface area contributed by atoms with Gasteiger partial charge in [0, 0.05) is 0 Å². The van der Waals surface area contributed by atoms with Crippen LogP contribution in [0.3, 0.4) is 0 Å². The second kappa shape index (κ2) is 7.35. The lowest BCUT2D eigenvalue weighted by Crippen LogP contribution is -2.30. The number of rotatable bonds is 8. The zero-order valence-electron chi connectivity index (χ0n) is 12.0. The molecule has 1 fully saturated rings. The van der Waals surface area contributed by atoms with Crippen molar-refractivity contribution in [1.29, 1.82) is 0 Å². The minimum absolute atomic E-state index is 0.954. The maximum atomic E-state index is 2.53. The first-order valence-electron chi connectivity index (χ1n) is 7.70. The van der Waals surface area contributed by atoms with E-state index >= 15 is 0 Å². The molecule has 96 valence electrons. The first kappa shape index (κ1) is 14.1. The summed E-state index contributed by atoms with van der Waals surface area (Å²) in [5.74, 6) is 4.01. The lowest BCUT2D eigenvalue weighted by molar-refractivity contribution is 0.112. The molecule has 0 saturated heterocycles. The van der Waals surface area contributed by atoms with Gasteiger partial charge in [-0.15, -0.1) is 0 Å². The van der Waals surface area contributed by atoms with Gasteiger partial charge < -0.3 is 0 Å². The molecular weight excluding hydrogens is 192 g/mol. The van der Waals surface area contributed by atoms with E-state index in [4.69, 9.17) is 0 Å². The summed E-state index contributed by atoms with van der Waals surface area (Å²) in [4.78, 5) is 0. The Bertz CT molecular complexity index is 169. The van der Waals surface area contributed by atoms with Gasteiger partial charge in [-0.2, -0.15) is 0 Å². The molecule has 1 aliphatic carbocycles. The molecule has 1 aliphatic rings. The molecule has 0 radical (unpaired) electrons. The molecule has 0 aromatic heterocycles. The molecule has 3 unspecified atom stereocenters. The monoisotopic (exact) mass is 224 g/mol. The van der Waals surface area contributed by atoms with Crippen LogP contribution >= 0.6 is 0 Å². The summed E-state index contributed by atoms with van der Waals surface area (Å²) < 4.78 is 0. The highest BCUT2D eigenvalue weighted by Crippen LogP contribution is 2.41. The smallest absolute Gasteiger partial charge is 0.0360 e. The second-order valence-corrected chi connectivity index (χ2v) is 6.12. The number of unbranched alkanes of at least 4 members (excludes halogenated alkanes) is 1. The van der Waals surface area contributed by atoms with E-state index in [2.05, 4.69) is 27.7 Å². The average molecular weight is 224 g/mol. The van der Waals surface area contributed by atoms with E-state index in [1.165, 1.54) is 51.4 Å². The quantitative estimate of drug-likeness (QED) is 0.498. The Kier molecular flexibility index (Phi) is 6.46. The first-order chi connectivity index (χ1) is 7.70. The van der Waals surface area contributed by atoms with Gasteiger partial charge in [-0.1, -0.05) is 79.1 Å². The van der Waals surface area contributed by atoms with Crippen molar-refractivity contribution in [2.75, 3.05) is 0 Å². The maximum Gasteiger partial charge on any atom is -0.0360 e. The first-order valence-corrected chi connectivity index (χ1v) is 7.70. The summed E-state index contributed by atoms with van der Waals surface area (Å²) >= 11 is 0. The van der Waals surface area contributed by atoms with Crippen molar-refractivity contribution < 1.29 is 0 Å². The SMILES string of the molecule is CCCCC(C)C(CCC)C(C)C1CCC1. The predicted octanol–water partition coefficient (Wildman–Crippen LogP) is 5.67. The summed E-state index contributed by atoms with van der Waals surface area (Å²) in [6.45, 7) is 9.71. The summed E-state index contributed by atoms with van der Waals surface area (Å²) in [6, 6.07) is 0. The van der Waals surface area contributed by atoms with E-state index in [0.29, 0.717) is 0 Å². The van der Waals surface area contributed by atoms with E-state index < -0.39 is 0 Å². The fraction of sp³-hybridized carbons (Fsp3) is 1.00. The largest absolute Gasteiger partial charge is 0.0654 e. The van der Waals surface area contributed by atoms with Gasteiger partial charge in [0.15, 0.2) is 0 Å².